The lowest BCUT2D eigenvalue weighted by atomic mass is 10.4. The lowest BCUT2D eigenvalue weighted by Crippen LogP contribution is -2.34. The van der Waals surface area contributed by atoms with Crippen molar-refractivity contribution in [2.24, 2.45) is 0 Å². The first-order valence-electron chi connectivity index (χ1n) is 5.27. The van der Waals surface area contributed by atoms with Gasteiger partial charge in [0.1, 0.15) is 5.69 Å². The molecule has 0 atom stereocenters. The fourth-order valence-electron chi connectivity index (χ4n) is 1.27. The van der Waals surface area contributed by atoms with Crippen LogP contribution in [0.3, 0.4) is 0 Å². The predicted molar refractivity (Wildman–Crippen MR) is 64.6 cm³/mol. The van der Waals surface area contributed by atoms with Gasteiger partial charge >= 0.3 is 0 Å². The number of nitrogen functional groups attached to an aromatic ring is 1. The lowest BCUT2D eigenvalue weighted by Gasteiger charge is -2.19. The second-order valence-electron chi connectivity index (χ2n) is 3.15. The smallest absolute Gasteiger partial charge is 0.273 e. The molecule has 0 aliphatic rings. The Morgan fingerprint density at radius 2 is 2.38 bits per heavy atom. The molecule has 0 radical (unpaired) electrons. The number of nitrogens with two attached hydrogens (primary N) is 1. The minimum absolute atomic E-state index is 0.0878. The number of nitrogens with zero attached hydrogens (tertiary/aromatic N) is 2. The maximum absolute atomic E-state index is 11.9. The monoisotopic (exact) mass is 243 g/mol. The van der Waals surface area contributed by atoms with E-state index in [0.717, 1.165) is 0 Å². The van der Waals surface area contributed by atoms with E-state index in [2.05, 4.69) is 4.98 Å². The van der Waals surface area contributed by atoms with Crippen LogP contribution in [0.15, 0.2) is 5.38 Å². The number of ether oxygens (including phenoxy) is 1. The number of hydrogen-bond acceptors (Lipinski definition) is 5. The molecule has 0 aromatic carbocycles. The summed E-state index contributed by atoms with van der Waals surface area (Å²) in [6, 6.07) is 0. The molecule has 5 nitrogen and oxygen atoms in total. The van der Waals surface area contributed by atoms with Crippen LogP contribution in [0.1, 0.15) is 24.3 Å². The number of hydrogen-bond donors (Lipinski definition) is 1. The molecule has 1 heterocycles. The molecule has 2 N–H and O–H groups in total. The molecule has 0 saturated heterocycles. The van der Waals surface area contributed by atoms with Gasteiger partial charge in [-0.2, -0.15) is 0 Å². The molecule has 0 fully saturated rings. The van der Waals surface area contributed by atoms with Crippen molar-refractivity contribution in [2.45, 2.75) is 13.8 Å². The van der Waals surface area contributed by atoms with Gasteiger partial charge in [-0.1, -0.05) is 0 Å². The Kier molecular flexibility index (Phi) is 5.21. The van der Waals surface area contributed by atoms with E-state index < -0.39 is 0 Å². The number of rotatable bonds is 6. The molecule has 1 amide bonds. The third kappa shape index (κ3) is 3.46. The van der Waals surface area contributed by atoms with Crippen LogP contribution in [-0.4, -0.2) is 42.1 Å². The van der Waals surface area contributed by atoms with Gasteiger partial charge in [-0.3, -0.25) is 4.79 Å². The van der Waals surface area contributed by atoms with Gasteiger partial charge in [0.2, 0.25) is 0 Å². The van der Waals surface area contributed by atoms with E-state index in [9.17, 15) is 4.79 Å². The Morgan fingerprint density at radius 1 is 1.62 bits per heavy atom. The van der Waals surface area contributed by atoms with Crippen molar-refractivity contribution < 1.29 is 9.53 Å². The normalized spacial score (nSPS) is 10.4. The van der Waals surface area contributed by atoms with Crippen molar-refractivity contribution in [1.82, 2.24) is 9.88 Å². The number of carbonyl (C=O) groups excluding carboxylic acids is 1. The highest BCUT2D eigenvalue weighted by atomic mass is 32.1. The summed E-state index contributed by atoms with van der Waals surface area (Å²) in [6.45, 7) is 6.30. The lowest BCUT2D eigenvalue weighted by molar-refractivity contribution is 0.0664. The zero-order valence-corrected chi connectivity index (χ0v) is 10.4. The fraction of sp³-hybridized carbons (Fsp3) is 0.600. The van der Waals surface area contributed by atoms with Crippen LogP contribution in [0, 0.1) is 0 Å². The van der Waals surface area contributed by atoms with Crippen LogP contribution in [0.25, 0.3) is 0 Å². The van der Waals surface area contributed by atoms with Gasteiger partial charge in [0.25, 0.3) is 5.91 Å². The quantitative estimate of drug-likeness (QED) is 0.763. The van der Waals surface area contributed by atoms with Crippen LogP contribution >= 0.6 is 11.3 Å². The molecule has 0 unspecified atom stereocenters. The minimum atomic E-state index is -0.0878. The zero-order chi connectivity index (χ0) is 12.0. The summed E-state index contributed by atoms with van der Waals surface area (Å²) < 4.78 is 5.22. The van der Waals surface area contributed by atoms with Gasteiger partial charge in [-0.05, 0) is 13.8 Å². The van der Waals surface area contributed by atoms with E-state index in [1.807, 2.05) is 13.8 Å². The van der Waals surface area contributed by atoms with Crippen molar-refractivity contribution >= 4 is 22.4 Å². The van der Waals surface area contributed by atoms with Gasteiger partial charge in [0.15, 0.2) is 5.13 Å². The van der Waals surface area contributed by atoms with Crippen LogP contribution < -0.4 is 5.73 Å². The summed E-state index contributed by atoms with van der Waals surface area (Å²) in [5.74, 6) is -0.0878. The summed E-state index contributed by atoms with van der Waals surface area (Å²) in [7, 11) is 0. The Morgan fingerprint density at radius 3 is 2.88 bits per heavy atom. The first-order valence-corrected chi connectivity index (χ1v) is 6.15. The zero-order valence-electron chi connectivity index (χ0n) is 9.60. The number of carbonyl (C=O) groups is 1. The highest BCUT2D eigenvalue weighted by Gasteiger charge is 2.16. The van der Waals surface area contributed by atoms with E-state index in [4.69, 9.17) is 10.5 Å². The summed E-state index contributed by atoms with van der Waals surface area (Å²) in [5, 5.41) is 2.10. The van der Waals surface area contributed by atoms with Crippen LogP contribution in [0.2, 0.25) is 0 Å². The number of amides is 1. The van der Waals surface area contributed by atoms with E-state index in [-0.39, 0.29) is 5.91 Å². The van der Waals surface area contributed by atoms with E-state index in [1.165, 1.54) is 11.3 Å². The fourth-order valence-corrected chi connectivity index (χ4v) is 1.81. The van der Waals surface area contributed by atoms with Gasteiger partial charge in [-0.25, -0.2) is 4.98 Å². The standard InChI is InChI=1S/C10H17N3O2S/c1-3-13(5-6-15-4-2)9(14)8-7-16-10(11)12-8/h7H,3-6H2,1-2H3,(H2,11,12). The average molecular weight is 243 g/mol. The first kappa shape index (κ1) is 12.9. The molecule has 90 valence electrons. The summed E-state index contributed by atoms with van der Waals surface area (Å²) >= 11 is 1.28. The minimum Gasteiger partial charge on any atom is -0.380 e. The van der Waals surface area contributed by atoms with Gasteiger partial charge in [-0.15, -0.1) is 11.3 Å². The van der Waals surface area contributed by atoms with Crippen LogP contribution in [0.4, 0.5) is 5.13 Å². The van der Waals surface area contributed by atoms with E-state index in [1.54, 1.807) is 10.3 Å². The van der Waals surface area contributed by atoms with Crippen molar-refractivity contribution in [1.29, 1.82) is 0 Å². The average Bonchev–Trinajstić information content (AvgIpc) is 2.70. The van der Waals surface area contributed by atoms with Gasteiger partial charge in [0.05, 0.1) is 6.61 Å². The van der Waals surface area contributed by atoms with Crippen LogP contribution in [0.5, 0.6) is 0 Å². The van der Waals surface area contributed by atoms with Gasteiger partial charge in [0, 0.05) is 25.1 Å². The molecule has 0 spiro atoms. The second-order valence-corrected chi connectivity index (χ2v) is 4.04. The molecule has 6 heteroatoms. The van der Waals surface area contributed by atoms with Crippen molar-refractivity contribution in [2.75, 3.05) is 32.0 Å². The Labute approximate surface area is 99.2 Å². The number of aromatic nitrogens is 1. The molecule has 1 aromatic rings. The molecule has 1 aromatic heterocycles. The van der Waals surface area contributed by atoms with E-state index >= 15 is 0 Å². The maximum Gasteiger partial charge on any atom is 0.273 e. The highest BCUT2D eigenvalue weighted by Crippen LogP contribution is 2.12. The Hall–Kier alpha value is -1.14. The predicted octanol–water partition coefficient (Wildman–Crippen LogP) is 1.22. The number of anilines is 1. The topological polar surface area (TPSA) is 68.5 Å². The molecule has 0 bridgehead atoms. The van der Waals surface area contributed by atoms with Crippen molar-refractivity contribution in [3.63, 3.8) is 0 Å². The first-order chi connectivity index (χ1) is 7.69. The molecular formula is C10H17N3O2S. The molecular weight excluding hydrogens is 226 g/mol. The van der Waals surface area contributed by atoms with Crippen molar-refractivity contribution in [3.05, 3.63) is 11.1 Å². The highest BCUT2D eigenvalue weighted by molar-refractivity contribution is 7.13. The number of thiazole rings is 1. The largest absolute Gasteiger partial charge is 0.380 e. The summed E-state index contributed by atoms with van der Waals surface area (Å²) in [5.41, 5.74) is 5.91. The molecule has 0 saturated carbocycles. The van der Waals surface area contributed by atoms with Crippen LogP contribution in [-0.2, 0) is 4.74 Å². The Bertz CT molecular complexity index is 341. The van der Waals surface area contributed by atoms with Gasteiger partial charge < -0.3 is 15.4 Å². The maximum atomic E-state index is 11.9. The molecule has 1 rings (SSSR count). The number of likely N-dealkylation sites (N-methyl/N-ethyl adjacent to an activating group) is 1. The Balaban J connectivity index is 2.55. The molecule has 0 aliphatic heterocycles. The summed E-state index contributed by atoms with van der Waals surface area (Å²) in [4.78, 5) is 17.6. The molecule has 16 heavy (non-hydrogen) atoms. The molecule has 0 aliphatic carbocycles. The second kappa shape index (κ2) is 6.44. The van der Waals surface area contributed by atoms with E-state index in [0.29, 0.717) is 37.1 Å². The SMILES string of the molecule is CCOCCN(CC)C(=O)c1csc(N)n1. The third-order valence-corrected chi connectivity index (χ3v) is 2.79. The third-order valence-electron chi connectivity index (χ3n) is 2.12. The summed E-state index contributed by atoms with van der Waals surface area (Å²) in [6.07, 6.45) is 0. The van der Waals surface area contributed by atoms with Crippen molar-refractivity contribution in [3.8, 4) is 0 Å².